The largest absolute Gasteiger partial charge is 0.390 e. The van der Waals surface area contributed by atoms with Crippen molar-refractivity contribution in [2.75, 3.05) is 7.05 Å². The van der Waals surface area contributed by atoms with E-state index in [1.807, 2.05) is 0 Å². The van der Waals surface area contributed by atoms with E-state index in [0.717, 1.165) is 0 Å². The third-order valence-electron chi connectivity index (χ3n) is 2.03. The zero-order valence-corrected chi connectivity index (χ0v) is 8.54. The van der Waals surface area contributed by atoms with Gasteiger partial charge in [-0.3, -0.25) is 9.67 Å². The zero-order chi connectivity index (χ0) is 11.5. The van der Waals surface area contributed by atoms with Crippen LogP contribution in [0.3, 0.4) is 0 Å². The maximum Gasteiger partial charge on any atom is 0.390 e. The van der Waals surface area contributed by atoms with Gasteiger partial charge in [-0.2, -0.15) is 18.3 Å². The molecule has 1 rings (SSSR count). The van der Waals surface area contributed by atoms with Crippen LogP contribution < -0.4 is 0 Å². The summed E-state index contributed by atoms with van der Waals surface area (Å²) in [4.78, 5) is 3.91. The van der Waals surface area contributed by atoms with E-state index >= 15 is 0 Å². The number of hydrogen-bond acceptors (Lipinski definition) is 2. The van der Waals surface area contributed by atoms with Gasteiger partial charge in [-0.05, 0) is 13.0 Å². The molecule has 0 unspecified atom stereocenters. The maximum atomic E-state index is 12.0. The molecule has 0 aliphatic carbocycles. The molecule has 0 bridgehead atoms. The second kappa shape index (κ2) is 4.46. The Morgan fingerprint density at radius 2 is 2.20 bits per heavy atom. The van der Waals surface area contributed by atoms with Gasteiger partial charge in [-0.15, -0.1) is 0 Å². The van der Waals surface area contributed by atoms with Crippen LogP contribution in [0.5, 0.6) is 0 Å². The molecule has 15 heavy (non-hydrogen) atoms. The minimum atomic E-state index is -4.15. The number of alkyl halides is 3. The molecule has 1 aromatic heterocycles. The average Bonchev–Trinajstić information content (AvgIpc) is 2.60. The third-order valence-corrected chi connectivity index (χ3v) is 2.03. The quantitative estimate of drug-likeness (QED) is 0.717. The number of halogens is 3. The molecule has 84 valence electrons. The smallest absolute Gasteiger partial charge is 0.291 e. The van der Waals surface area contributed by atoms with Crippen LogP contribution in [-0.4, -0.2) is 28.7 Å². The summed E-state index contributed by atoms with van der Waals surface area (Å²) in [5, 5.41) is 3.82. The van der Waals surface area contributed by atoms with E-state index in [2.05, 4.69) is 10.1 Å². The van der Waals surface area contributed by atoms with Gasteiger partial charge in [0.1, 0.15) is 0 Å². The molecule has 0 aliphatic heterocycles. The minimum absolute atomic E-state index is 0.168. The van der Waals surface area contributed by atoms with E-state index in [1.54, 1.807) is 20.0 Å². The SMILES string of the molecule is CN=C(C)c1ccnn1CCC(F)(F)F. The first-order valence-corrected chi connectivity index (χ1v) is 4.46. The van der Waals surface area contributed by atoms with Gasteiger partial charge in [-0.25, -0.2) is 0 Å². The van der Waals surface area contributed by atoms with Crippen molar-refractivity contribution in [2.45, 2.75) is 26.1 Å². The number of hydrogen-bond donors (Lipinski definition) is 0. The first kappa shape index (κ1) is 11.7. The first-order valence-electron chi connectivity index (χ1n) is 4.46. The summed E-state index contributed by atoms with van der Waals surface area (Å²) in [7, 11) is 1.59. The number of aromatic nitrogens is 2. The number of aryl methyl sites for hydroxylation is 1. The summed E-state index contributed by atoms with van der Waals surface area (Å²) in [6.45, 7) is 1.57. The molecule has 0 aliphatic rings. The van der Waals surface area contributed by atoms with Crippen molar-refractivity contribution in [1.29, 1.82) is 0 Å². The molecule has 0 aromatic carbocycles. The van der Waals surface area contributed by atoms with Crippen molar-refractivity contribution in [3.8, 4) is 0 Å². The second-order valence-corrected chi connectivity index (χ2v) is 3.11. The highest BCUT2D eigenvalue weighted by atomic mass is 19.4. The lowest BCUT2D eigenvalue weighted by Crippen LogP contribution is -2.16. The van der Waals surface area contributed by atoms with E-state index in [1.165, 1.54) is 10.9 Å². The van der Waals surface area contributed by atoms with E-state index in [-0.39, 0.29) is 6.54 Å². The van der Waals surface area contributed by atoms with Crippen LogP contribution >= 0.6 is 0 Å². The number of rotatable bonds is 3. The standard InChI is InChI=1S/C9H12F3N3/c1-7(13-2)8-3-5-14-15(8)6-4-9(10,11)12/h3,5H,4,6H2,1-2H3. The van der Waals surface area contributed by atoms with E-state index in [0.29, 0.717) is 11.4 Å². The van der Waals surface area contributed by atoms with Crippen molar-refractivity contribution >= 4 is 5.71 Å². The van der Waals surface area contributed by atoms with Crippen molar-refractivity contribution in [3.05, 3.63) is 18.0 Å². The molecule has 0 spiro atoms. The average molecular weight is 219 g/mol. The maximum absolute atomic E-state index is 12.0. The van der Waals surface area contributed by atoms with Gasteiger partial charge in [0.15, 0.2) is 0 Å². The third kappa shape index (κ3) is 3.38. The Morgan fingerprint density at radius 1 is 1.53 bits per heavy atom. The summed E-state index contributed by atoms with van der Waals surface area (Å²) < 4.78 is 37.3. The van der Waals surface area contributed by atoms with Crippen molar-refractivity contribution in [1.82, 2.24) is 9.78 Å². The van der Waals surface area contributed by atoms with Gasteiger partial charge in [0.05, 0.1) is 24.4 Å². The molecule has 0 amide bonds. The monoisotopic (exact) mass is 219 g/mol. The highest BCUT2D eigenvalue weighted by molar-refractivity contribution is 5.96. The Hall–Kier alpha value is -1.33. The van der Waals surface area contributed by atoms with Crippen LogP contribution in [0.1, 0.15) is 19.0 Å². The lowest BCUT2D eigenvalue weighted by molar-refractivity contribution is -0.137. The summed E-state index contributed by atoms with van der Waals surface area (Å²) in [5.41, 5.74) is 1.30. The highest BCUT2D eigenvalue weighted by Gasteiger charge is 2.27. The molecule has 0 saturated heterocycles. The molecular formula is C9H12F3N3. The van der Waals surface area contributed by atoms with E-state index < -0.39 is 12.6 Å². The Bertz CT molecular complexity index is 352. The van der Waals surface area contributed by atoms with Crippen molar-refractivity contribution < 1.29 is 13.2 Å². The lowest BCUT2D eigenvalue weighted by atomic mass is 10.3. The van der Waals surface area contributed by atoms with Crippen LogP contribution in [0.2, 0.25) is 0 Å². The van der Waals surface area contributed by atoms with Crippen LogP contribution in [-0.2, 0) is 6.54 Å². The van der Waals surface area contributed by atoms with Gasteiger partial charge in [0.25, 0.3) is 0 Å². The summed E-state index contributed by atoms with van der Waals surface area (Å²) in [6, 6.07) is 1.65. The fourth-order valence-electron chi connectivity index (χ4n) is 1.17. The predicted octanol–water partition coefficient (Wildman–Crippen LogP) is 2.27. The Balaban J connectivity index is 2.74. The van der Waals surface area contributed by atoms with Crippen LogP contribution in [0.25, 0.3) is 0 Å². The normalized spacial score (nSPS) is 13.3. The molecule has 0 atom stereocenters. The Kier molecular flexibility index (Phi) is 3.49. The number of aliphatic imine (C=N–C) groups is 1. The molecule has 0 radical (unpaired) electrons. The van der Waals surface area contributed by atoms with Gasteiger partial charge in [0, 0.05) is 13.2 Å². The van der Waals surface area contributed by atoms with Crippen LogP contribution in [0.4, 0.5) is 13.2 Å². The van der Waals surface area contributed by atoms with Gasteiger partial charge in [0.2, 0.25) is 0 Å². The minimum Gasteiger partial charge on any atom is -0.291 e. The summed E-state index contributed by atoms with van der Waals surface area (Å²) in [5.74, 6) is 0. The molecule has 0 saturated carbocycles. The van der Waals surface area contributed by atoms with E-state index in [4.69, 9.17) is 0 Å². The molecule has 0 N–H and O–H groups in total. The number of nitrogens with zero attached hydrogens (tertiary/aromatic N) is 3. The van der Waals surface area contributed by atoms with Gasteiger partial charge < -0.3 is 0 Å². The fourth-order valence-corrected chi connectivity index (χ4v) is 1.17. The van der Waals surface area contributed by atoms with Crippen LogP contribution in [0, 0.1) is 0 Å². The molecule has 6 heteroatoms. The topological polar surface area (TPSA) is 30.2 Å². The van der Waals surface area contributed by atoms with Crippen molar-refractivity contribution in [2.24, 2.45) is 4.99 Å². The fraction of sp³-hybridized carbons (Fsp3) is 0.556. The summed E-state index contributed by atoms with van der Waals surface area (Å²) in [6.07, 6.45) is -3.56. The first-order chi connectivity index (χ1) is 6.94. The predicted molar refractivity (Wildman–Crippen MR) is 51.0 cm³/mol. The van der Waals surface area contributed by atoms with Crippen LogP contribution in [0.15, 0.2) is 17.3 Å². The molecule has 3 nitrogen and oxygen atoms in total. The Morgan fingerprint density at radius 3 is 2.73 bits per heavy atom. The zero-order valence-electron chi connectivity index (χ0n) is 8.54. The summed E-state index contributed by atoms with van der Waals surface area (Å²) >= 11 is 0. The lowest BCUT2D eigenvalue weighted by Gasteiger charge is -2.09. The second-order valence-electron chi connectivity index (χ2n) is 3.11. The van der Waals surface area contributed by atoms with Gasteiger partial charge >= 0.3 is 6.18 Å². The molecule has 0 fully saturated rings. The van der Waals surface area contributed by atoms with E-state index in [9.17, 15) is 13.2 Å². The Labute approximate surface area is 85.6 Å². The molecular weight excluding hydrogens is 207 g/mol. The molecule has 1 aromatic rings. The van der Waals surface area contributed by atoms with Crippen molar-refractivity contribution in [3.63, 3.8) is 0 Å². The highest BCUT2D eigenvalue weighted by Crippen LogP contribution is 2.20. The van der Waals surface area contributed by atoms with Gasteiger partial charge in [-0.1, -0.05) is 0 Å². The molecule has 1 heterocycles.